The first-order valence-electron chi connectivity index (χ1n) is 3.50. The number of hydrogen-bond acceptors (Lipinski definition) is 0. The molecule has 0 aromatic heterocycles. The van der Waals surface area contributed by atoms with E-state index in [2.05, 4.69) is 21.8 Å². The average Bonchev–Trinajstić information content (AvgIpc) is 2.05. The Bertz CT molecular complexity index is 222. The third kappa shape index (κ3) is 2.55. The van der Waals surface area contributed by atoms with Gasteiger partial charge >= 0.3 is 0 Å². The van der Waals surface area contributed by atoms with Crippen LogP contribution in [-0.4, -0.2) is 12.6 Å². The van der Waals surface area contributed by atoms with Gasteiger partial charge in [0.1, 0.15) is 0 Å². The number of hydrogen-bond donors (Lipinski definition) is 0. The maximum atomic E-state index is 12.2. The highest BCUT2D eigenvalue weighted by Gasteiger charge is 2.07. The highest BCUT2D eigenvalue weighted by Crippen LogP contribution is 1.99. The van der Waals surface area contributed by atoms with E-state index in [1.54, 1.807) is 0 Å². The van der Waals surface area contributed by atoms with Crippen LogP contribution in [0.4, 0.5) is 4.39 Å². The Hall–Kier alpha value is 0.0969. The van der Waals surface area contributed by atoms with Crippen LogP contribution in [0.5, 0.6) is 0 Å². The van der Waals surface area contributed by atoms with Crippen LogP contribution in [0.15, 0.2) is 24.3 Å². The number of benzene rings is 1. The Balaban J connectivity index is 2.81. The van der Waals surface area contributed by atoms with Crippen molar-refractivity contribution in [1.82, 2.24) is 0 Å². The van der Waals surface area contributed by atoms with E-state index in [0.29, 0.717) is 0 Å². The van der Waals surface area contributed by atoms with Crippen molar-refractivity contribution in [1.29, 1.82) is 0 Å². The molecule has 3 heteroatoms. The van der Waals surface area contributed by atoms with Gasteiger partial charge in [-0.1, -0.05) is 29.8 Å². The zero-order valence-corrected chi connectivity index (χ0v) is 9.66. The molecule has 0 aliphatic heterocycles. The normalized spacial score (nSPS) is 13.0. The summed E-state index contributed by atoms with van der Waals surface area (Å²) in [6.45, 7) is 2.04. The first kappa shape index (κ1) is 9.19. The maximum Gasteiger partial charge on any atom is 0.173 e. The van der Waals surface area contributed by atoms with Crippen LogP contribution in [0.1, 0.15) is 5.56 Å². The molecule has 0 aliphatic rings. The van der Waals surface area contributed by atoms with Gasteiger partial charge in [-0.05, 0) is 12.1 Å². The second-order valence-electron chi connectivity index (χ2n) is 2.53. The van der Waals surface area contributed by atoms with Crippen LogP contribution in [0.3, 0.4) is 0 Å². The van der Waals surface area contributed by atoms with Crippen molar-refractivity contribution in [2.75, 3.05) is 6.30 Å². The van der Waals surface area contributed by atoms with E-state index < -0.39 is 6.29 Å². The van der Waals surface area contributed by atoms with Gasteiger partial charge in [0, 0.05) is 0 Å². The summed E-state index contributed by atoms with van der Waals surface area (Å²) in [6.07, 6.45) is -1.41. The Kier molecular flexibility index (Phi) is 3.51. The molecular formula is C8H10FISi. The van der Waals surface area contributed by atoms with Crippen LogP contribution in [0.25, 0.3) is 0 Å². The molecule has 0 fully saturated rings. The lowest BCUT2D eigenvalue weighted by molar-refractivity contribution is 0.595. The number of aryl methyl sites for hydroxylation is 1. The molecule has 0 spiro atoms. The zero-order chi connectivity index (χ0) is 8.27. The Morgan fingerprint density at radius 2 is 1.91 bits per heavy atom. The summed E-state index contributed by atoms with van der Waals surface area (Å²) in [5, 5.41) is 1.21. The van der Waals surface area contributed by atoms with Crippen molar-refractivity contribution in [3.8, 4) is 0 Å². The molecule has 0 amide bonds. The average molecular weight is 280 g/mol. The van der Waals surface area contributed by atoms with Crippen LogP contribution >= 0.6 is 21.8 Å². The number of alkyl halides is 1. The SMILES string of the molecule is Cc1ccc([SiH](I)CF)cc1. The Morgan fingerprint density at radius 3 is 2.36 bits per heavy atom. The van der Waals surface area contributed by atoms with Crippen LogP contribution in [0.2, 0.25) is 0 Å². The fraction of sp³-hybridized carbons (Fsp3) is 0.250. The van der Waals surface area contributed by atoms with E-state index in [-0.39, 0.29) is 6.30 Å². The van der Waals surface area contributed by atoms with E-state index in [1.807, 2.05) is 31.2 Å². The highest BCUT2D eigenvalue weighted by molar-refractivity contribution is 14.1. The first-order valence-corrected chi connectivity index (χ1v) is 9.07. The summed E-state index contributed by atoms with van der Waals surface area (Å²) in [5.74, 6) is 0. The molecular weight excluding hydrogens is 270 g/mol. The predicted octanol–water partition coefficient (Wildman–Crippen LogP) is 1.87. The molecule has 11 heavy (non-hydrogen) atoms. The third-order valence-electron chi connectivity index (χ3n) is 1.57. The fourth-order valence-corrected chi connectivity index (χ4v) is 2.90. The highest BCUT2D eigenvalue weighted by atomic mass is 127. The Labute approximate surface area is 80.6 Å². The van der Waals surface area contributed by atoms with Crippen molar-refractivity contribution >= 4 is 33.3 Å². The minimum absolute atomic E-state index is 0.149. The van der Waals surface area contributed by atoms with Gasteiger partial charge in [0.05, 0.1) is 6.30 Å². The van der Waals surface area contributed by atoms with Crippen LogP contribution in [-0.2, 0) is 0 Å². The number of halogens is 2. The van der Waals surface area contributed by atoms with Gasteiger partial charge in [-0.3, -0.25) is 4.39 Å². The lowest BCUT2D eigenvalue weighted by Gasteiger charge is -2.02. The zero-order valence-electron chi connectivity index (χ0n) is 6.35. The van der Waals surface area contributed by atoms with E-state index in [0.717, 1.165) is 0 Å². The molecule has 0 nitrogen and oxygen atoms in total. The molecule has 0 N–H and O–H groups in total. The smallest absolute Gasteiger partial charge is 0.173 e. The van der Waals surface area contributed by atoms with Crippen molar-refractivity contribution < 1.29 is 4.39 Å². The van der Waals surface area contributed by atoms with Gasteiger partial charge in [-0.2, -0.15) is 0 Å². The topological polar surface area (TPSA) is 0 Å². The monoisotopic (exact) mass is 280 g/mol. The molecule has 1 rings (SSSR count). The van der Waals surface area contributed by atoms with E-state index in [1.165, 1.54) is 10.8 Å². The molecule has 0 saturated carbocycles. The van der Waals surface area contributed by atoms with Crippen LogP contribution < -0.4 is 5.19 Å². The van der Waals surface area contributed by atoms with Gasteiger partial charge in [-0.15, -0.1) is 21.8 Å². The molecule has 1 aromatic carbocycles. The molecule has 1 unspecified atom stereocenters. The molecule has 1 atom stereocenters. The van der Waals surface area contributed by atoms with Gasteiger partial charge in [0.2, 0.25) is 0 Å². The molecule has 0 aliphatic carbocycles. The summed E-state index contributed by atoms with van der Waals surface area (Å²) >= 11 is 2.25. The minimum atomic E-state index is -1.26. The van der Waals surface area contributed by atoms with Crippen molar-refractivity contribution in [3.63, 3.8) is 0 Å². The molecule has 0 heterocycles. The largest absolute Gasteiger partial charge is 0.254 e. The minimum Gasteiger partial charge on any atom is -0.254 e. The first-order chi connectivity index (χ1) is 5.24. The molecule has 0 saturated heterocycles. The molecule has 0 radical (unpaired) electrons. The summed E-state index contributed by atoms with van der Waals surface area (Å²) < 4.78 is 12.2. The second-order valence-corrected chi connectivity index (χ2v) is 8.95. The quantitative estimate of drug-likeness (QED) is 0.441. The van der Waals surface area contributed by atoms with E-state index >= 15 is 0 Å². The maximum absolute atomic E-state index is 12.2. The summed E-state index contributed by atoms with van der Waals surface area (Å²) in [7, 11) is 0. The van der Waals surface area contributed by atoms with E-state index in [9.17, 15) is 4.39 Å². The Morgan fingerprint density at radius 1 is 1.36 bits per heavy atom. The van der Waals surface area contributed by atoms with Crippen molar-refractivity contribution in [2.45, 2.75) is 6.92 Å². The lowest BCUT2D eigenvalue weighted by atomic mass is 10.2. The standard InChI is InChI=1S/C8H10FISi/c1-7-2-4-8(5-3-7)11(10)6-9/h2-5,11H,6H2,1H3. The third-order valence-corrected chi connectivity index (χ3v) is 6.11. The van der Waals surface area contributed by atoms with Crippen LogP contribution in [0, 0.1) is 6.92 Å². The second kappa shape index (κ2) is 4.20. The summed E-state index contributed by atoms with van der Waals surface area (Å²) in [5.41, 5.74) is 1.24. The summed E-state index contributed by atoms with van der Waals surface area (Å²) in [6, 6.07) is 8.17. The van der Waals surface area contributed by atoms with Gasteiger partial charge in [0.15, 0.2) is 6.29 Å². The molecule has 1 aromatic rings. The predicted molar refractivity (Wildman–Crippen MR) is 58.0 cm³/mol. The van der Waals surface area contributed by atoms with Gasteiger partial charge in [0.25, 0.3) is 0 Å². The molecule has 0 bridgehead atoms. The number of rotatable bonds is 2. The van der Waals surface area contributed by atoms with Gasteiger partial charge in [-0.25, -0.2) is 0 Å². The van der Waals surface area contributed by atoms with Crippen molar-refractivity contribution in [3.05, 3.63) is 29.8 Å². The summed E-state index contributed by atoms with van der Waals surface area (Å²) in [4.78, 5) is 0. The van der Waals surface area contributed by atoms with Crippen molar-refractivity contribution in [2.24, 2.45) is 0 Å². The fourth-order valence-electron chi connectivity index (χ4n) is 0.864. The van der Waals surface area contributed by atoms with E-state index in [4.69, 9.17) is 0 Å². The lowest BCUT2D eigenvalue weighted by Crippen LogP contribution is -2.25. The molecule has 60 valence electrons. The van der Waals surface area contributed by atoms with Gasteiger partial charge < -0.3 is 0 Å².